The topological polar surface area (TPSA) is 81.2 Å². The molecule has 6 nitrogen and oxygen atoms in total. The average Bonchev–Trinajstić information content (AvgIpc) is 2.64. The highest BCUT2D eigenvalue weighted by Gasteiger charge is 2.33. The smallest absolute Gasteiger partial charge is 0.246 e. The number of hydrogen-bond donors (Lipinski definition) is 1. The second-order valence-corrected chi connectivity index (χ2v) is 8.19. The van der Waals surface area contributed by atoms with Crippen molar-refractivity contribution in [2.75, 3.05) is 13.1 Å². The van der Waals surface area contributed by atoms with Gasteiger partial charge < -0.3 is 5.73 Å². The summed E-state index contributed by atoms with van der Waals surface area (Å²) in [5, 5.41) is 4.41. The summed E-state index contributed by atoms with van der Waals surface area (Å²) in [5.74, 6) is 0.423. The van der Waals surface area contributed by atoms with Gasteiger partial charge >= 0.3 is 0 Å². The molecule has 1 aromatic heterocycles. The fourth-order valence-corrected chi connectivity index (χ4v) is 4.67. The zero-order chi connectivity index (χ0) is 15.8. The average molecular weight is 314 g/mol. The van der Waals surface area contributed by atoms with Gasteiger partial charge in [0.05, 0.1) is 11.4 Å². The Balaban J connectivity index is 2.34. The van der Waals surface area contributed by atoms with Crippen LogP contribution in [0, 0.1) is 19.8 Å². The van der Waals surface area contributed by atoms with Crippen LogP contribution >= 0.6 is 0 Å². The first kappa shape index (κ1) is 16.5. The maximum Gasteiger partial charge on any atom is 0.246 e. The SMILES string of the molecule is Cc1nn(CC(C)C)c(C)c1S(=O)(=O)N1CCC(N)CC1. The summed E-state index contributed by atoms with van der Waals surface area (Å²) in [6, 6.07) is 0.113. The number of nitrogens with two attached hydrogens (primary N) is 1. The van der Waals surface area contributed by atoms with Crippen molar-refractivity contribution in [1.29, 1.82) is 0 Å². The van der Waals surface area contributed by atoms with Gasteiger partial charge in [0, 0.05) is 25.7 Å². The number of hydrogen-bond acceptors (Lipinski definition) is 4. The third kappa shape index (κ3) is 3.30. The van der Waals surface area contributed by atoms with Crippen molar-refractivity contribution < 1.29 is 8.42 Å². The largest absolute Gasteiger partial charge is 0.328 e. The van der Waals surface area contributed by atoms with Gasteiger partial charge in [-0.25, -0.2) is 8.42 Å². The van der Waals surface area contributed by atoms with E-state index in [0.29, 0.717) is 29.6 Å². The van der Waals surface area contributed by atoms with Crippen LogP contribution in [0.4, 0.5) is 0 Å². The predicted molar refractivity (Wildman–Crippen MR) is 82.5 cm³/mol. The molecule has 0 unspecified atom stereocenters. The van der Waals surface area contributed by atoms with E-state index < -0.39 is 10.0 Å². The molecule has 1 fully saturated rings. The molecule has 0 atom stereocenters. The van der Waals surface area contributed by atoms with Crippen molar-refractivity contribution in [3.63, 3.8) is 0 Å². The van der Waals surface area contributed by atoms with Gasteiger partial charge in [0.25, 0.3) is 0 Å². The van der Waals surface area contributed by atoms with Gasteiger partial charge in [-0.2, -0.15) is 9.40 Å². The van der Waals surface area contributed by atoms with Crippen LogP contribution in [0.25, 0.3) is 0 Å². The fourth-order valence-electron chi connectivity index (χ4n) is 2.82. The molecule has 0 saturated carbocycles. The number of piperidine rings is 1. The Morgan fingerprint density at radius 3 is 2.38 bits per heavy atom. The van der Waals surface area contributed by atoms with Crippen LogP contribution in [-0.2, 0) is 16.6 Å². The molecule has 1 aliphatic rings. The highest BCUT2D eigenvalue weighted by molar-refractivity contribution is 7.89. The van der Waals surface area contributed by atoms with E-state index in [2.05, 4.69) is 18.9 Å². The highest BCUT2D eigenvalue weighted by atomic mass is 32.2. The Bertz CT molecular complexity index is 599. The Hall–Kier alpha value is -0.920. The maximum absolute atomic E-state index is 12.9. The number of rotatable bonds is 4. The van der Waals surface area contributed by atoms with Crippen LogP contribution < -0.4 is 5.73 Å². The summed E-state index contributed by atoms with van der Waals surface area (Å²) in [4.78, 5) is 0.374. The van der Waals surface area contributed by atoms with E-state index in [4.69, 9.17) is 5.73 Å². The Morgan fingerprint density at radius 1 is 1.29 bits per heavy atom. The van der Waals surface area contributed by atoms with Gasteiger partial charge in [-0.15, -0.1) is 0 Å². The van der Waals surface area contributed by atoms with Gasteiger partial charge in [-0.05, 0) is 32.6 Å². The zero-order valence-electron chi connectivity index (χ0n) is 13.3. The zero-order valence-corrected chi connectivity index (χ0v) is 14.2. The fraction of sp³-hybridized carbons (Fsp3) is 0.786. The van der Waals surface area contributed by atoms with E-state index in [1.807, 2.05) is 11.6 Å². The van der Waals surface area contributed by atoms with Crippen molar-refractivity contribution in [1.82, 2.24) is 14.1 Å². The standard InChI is InChI=1S/C14H26N4O2S/c1-10(2)9-18-12(4)14(11(3)16-18)21(19,20)17-7-5-13(15)6-8-17/h10,13H,5-9,15H2,1-4H3. The molecule has 1 aliphatic heterocycles. The minimum Gasteiger partial charge on any atom is -0.328 e. The molecule has 1 saturated heterocycles. The van der Waals surface area contributed by atoms with Crippen LogP contribution in [0.3, 0.4) is 0 Å². The lowest BCUT2D eigenvalue weighted by Gasteiger charge is -2.29. The molecule has 0 aromatic carbocycles. The molecule has 2 N–H and O–H groups in total. The van der Waals surface area contributed by atoms with Crippen molar-refractivity contribution >= 4 is 10.0 Å². The van der Waals surface area contributed by atoms with Gasteiger partial charge in [0.15, 0.2) is 0 Å². The lowest BCUT2D eigenvalue weighted by atomic mass is 10.1. The second kappa shape index (κ2) is 6.06. The van der Waals surface area contributed by atoms with Crippen molar-refractivity contribution in [2.45, 2.75) is 58.0 Å². The van der Waals surface area contributed by atoms with Gasteiger partial charge in [-0.1, -0.05) is 13.8 Å². The van der Waals surface area contributed by atoms with Crippen molar-refractivity contribution in [2.24, 2.45) is 11.7 Å². The number of sulfonamides is 1. The van der Waals surface area contributed by atoms with Crippen LogP contribution in [0.1, 0.15) is 38.1 Å². The third-order valence-electron chi connectivity index (χ3n) is 3.95. The molecule has 2 heterocycles. The van der Waals surface area contributed by atoms with E-state index in [1.54, 1.807) is 11.2 Å². The highest BCUT2D eigenvalue weighted by Crippen LogP contribution is 2.26. The normalized spacial score (nSPS) is 18.6. The Kier molecular flexibility index (Phi) is 4.75. The van der Waals surface area contributed by atoms with Crippen LogP contribution in [-0.4, -0.2) is 41.6 Å². The summed E-state index contributed by atoms with van der Waals surface area (Å²) in [5.41, 5.74) is 7.18. The Morgan fingerprint density at radius 2 is 1.86 bits per heavy atom. The third-order valence-corrected chi connectivity index (χ3v) is 6.10. The van der Waals surface area contributed by atoms with E-state index >= 15 is 0 Å². The second-order valence-electron chi connectivity index (χ2n) is 6.32. The number of aryl methyl sites for hydroxylation is 1. The van der Waals surface area contributed by atoms with Crippen LogP contribution in [0.2, 0.25) is 0 Å². The molecule has 0 amide bonds. The van der Waals surface area contributed by atoms with Crippen molar-refractivity contribution in [3.05, 3.63) is 11.4 Å². The number of aromatic nitrogens is 2. The molecule has 7 heteroatoms. The summed E-state index contributed by atoms with van der Waals surface area (Å²) in [6.07, 6.45) is 1.44. The summed E-state index contributed by atoms with van der Waals surface area (Å²) in [7, 11) is -3.47. The lowest BCUT2D eigenvalue weighted by Crippen LogP contribution is -2.43. The number of nitrogens with zero attached hydrogens (tertiary/aromatic N) is 3. The van der Waals surface area contributed by atoms with Gasteiger partial charge in [0.1, 0.15) is 4.90 Å². The molecule has 120 valence electrons. The van der Waals surface area contributed by atoms with E-state index in [-0.39, 0.29) is 6.04 Å². The van der Waals surface area contributed by atoms with E-state index in [1.165, 1.54) is 0 Å². The first-order valence-corrected chi connectivity index (χ1v) is 8.97. The summed E-state index contributed by atoms with van der Waals surface area (Å²) >= 11 is 0. The maximum atomic E-state index is 12.9. The molecular formula is C14H26N4O2S. The van der Waals surface area contributed by atoms with E-state index in [0.717, 1.165) is 25.1 Å². The summed E-state index contributed by atoms with van der Waals surface area (Å²) in [6.45, 7) is 9.52. The van der Waals surface area contributed by atoms with Crippen molar-refractivity contribution in [3.8, 4) is 0 Å². The molecule has 0 radical (unpaired) electrons. The summed E-state index contributed by atoms with van der Waals surface area (Å²) < 4.78 is 29.1. The first-order valence-electron chi connectivity index (χ1n) is 7.53. The molecule has 0 aliphatic carbocycles. The first-order chi connectivity index (χ1) is 9.73. The molecule has 1 aromatic rings. The molecule has 2 rings (SSSR count). The minimum absolute atomic E-state index is 0.113. The lowest BCUT2D eigenvalue weighted by molar-refractivity contribution is 0.319. The van der Waals surface area contributed by atoms with E-state index in [9.17, 15) is 8.42 Å². The quantitative estimate of drug-likeness (QED) is 0.907. The molecule has 0 spiro atoms. The Labute approximate surface area is 127 Å². The van der Waals surface area contributed by atoms with Gasteiger partial charge in [-0.3, -0.25) is 4.68 Å². The van der Waals surface area contributed by atoms with Crippen LogP contribution in [0.5, 0.6) is 0 Å². The monoisotopic (exact) mass is 314 g/mol. The molecule has 21 heavy (non-hydrogen) atoms. The van der Waals surface area contributed by atoms with Crippen LogP contribution in [0.15, 0.2) is 4.90 Å². The molecule has 0 bridgehead atoms. The predicted octanol–water partition coefficient (Wildman–Crippen LogP) is 1.27. The van der Waals surface area contributed by atoms with Gasteiger partial charge in [0.2, 0.25) is 10.0 Å². The minimum atomic E-state index is -3.47. The molecular weight excluding hydrogens is 288 g/mol.